The van der Waals surface area contributed by atoms with Crippen molar-refractivity contribution < 1.29 is 9.90 Å². The average Bonchev–Trinajstić information content (AvgIpc) is 2.09. The van der Waals surface area contributed by atoms with Gasteiger partial charge in [-0.15, -0.1) is 0 Å². The molecule has 0 aliphatic carbocycles. The molecule has 1 aromatic heterocycles. The normalized spacial score (nSPS) is 10.1. The molecule has 0 radical (unpaired) electrons. The fourth-order valence-corrected chi connectivity index (χ4v) is 1.83. The Balaban J connectivity index is 3.21. The summed E-state index contributed by atoms with van der Waals surface area (Å²) in [5.74, 6) is 0.357. The van der Waals surface area contributed by atoms with E-state index in [0.717, 1.165) is 0 Å². The smallest absolute Gasteiger partial charge is 0.309 e. The molecule has 0 bridgehead atoms. The van der Waals surface area contributed by atoms with E-state index in [2.05, 4.69) is 25.9 Å². The maximum atomic E-state index is 10.6. The molecule has 0 aliphatic heterocycles. The number of carboxylic acids is 1. The summed E-state index contributed by atoms with van der Waals surface area (Å²) in [7, 11) is 3.69. The first kappa shape index (κ1) is 11.9. The molecule has 0 saturated carbocycles. The summed E-state index contributed by atoms with van der Waals surface area (Å²) in [6, 6.07) is 0. The Bertz CT molecular complexity index is 393. The number of halogens is 1. The van der Waals surface area contributed by atoms with Crippen molar-refractivity contribution in [3.05, 3.63) is 16.0 Å². The summed E-state index contributed by atoms with van der Waals surface area (Å²) >= 11 is 3.31. The van der Waals surface area contributed by atoms with Gasteiger partial charge in [-0.2, -0.15) is 0 Å². The third-order valence-electron chi connectivity index (χ3n) is 1.76. The number of hydrogen-bond acceptors (Lipinski definition) is 4. The number of nitrogens with zero attached hydrogens (tertiary/aromatic N) is 3. The van der Waals surface area contributed by atoms with Crippen molar-refractivity contribution in [2.24, 2.45) is 0 Å². The molecule has 0 spiro atoms. The second-order valence-electron chi connectivity index (χ2n) is 3.32. The van der Waals surface area contributed by atoms with Crippen molar-refractivity contribution in [1.82, 2.24) is 9.97 Å². The van der Waals surface area contributed by atoms with Gasteiger partial charge in [0.15, 0.2) is 0 Å². The molecule has 15 heavy (non-hydrogen) atoms. The molecule has 1 rings (SSSR count). The highest BCUT2D eigenvalue weighted by Crippen LogP contribution is 2.25. The van der Waals surface area contributed by atoms with Gasteiger partial charge in [0.25, 0.3) is 0 Å². The predicted octanol–water partition coefficient (Wildman–Crippen LogP) is 1.24. The number of aryl methyl sites for hydroxylation is 1. The largest absolute Gasteiger partial charge is 0.481 e. The highest BCUT2D eigenvalue weighted by Gasteiger charge is 2.14. The monoisotopic (exact) mass is 273 g/mol. The SMILES string of the molecule is Cc1nc(CC(=O)O)c(Br)c(N(C)C)n1. The lowest BCUT2D eigenvalue weighted by molar-refractivity contribution is -0.136. The molecule has 0 fully saturated rings. The fourth-order valence-electron chi connectivity index (χ4n) is 1.16. The first-order valence-electron chi connectivity index (χ1n) is 4.34. The molecular formula is C9H12BrN3O2. The van der Waals surface area contributed by atoms with Crippen LogP contribution in [-0.4, -0.2) is 35.1 Å². The average molecular weight is 274 g/mol. The van der Waals surface area contributed by atoms with Crippen molar-refractivity contribution in [2.45, 2.75) is 13.3 Å². The van der Waals surface area contributed by atoms with E-state index in [9.17, 15) is 4.79 Å². The van der Waals surface area contributed by atoms with Gasteiger partial charge < -0.3 is 10.0 Å². The highest BCUT2D eigenvalue weighted by atomic mass is 79.9. The van der Waals surface area contributed by atoms with Crippen molar-refractivity contribution >= 4 is 27.7 Å². The van der Waals surface area contributed by atoms with Crippen LogP contribution in [0.3, 0.4) is 0 Å². The molecule has 0 saturated heterocycles. The van der Waals surface area contributed by atoms with Gasteiger partial charge in [-0.3, -0.25) is 4.79 Å². The van der Waals surface area contributed by atoms with Crippen LogP contribution in [0.5, 0.6) is 0 Å². The topological polar surface area (TPSA) is 66.3 Å². The van der Waals surface area contributed by atoms with Gasteiger partial charge in [0.05, 0.1) is 16.6 Å². The van der Waals surface area contributed by atoms with Crippen LogP contribution in [0.2, 0.25) is 0 Å². The van der Waals surface area contributed by atoms with E-state index in [1.807, 2.05) is 19.0 Å². The molecule has 0 atom stereocenters. The molecule has 0 aliphatic rings. The number of anilines is 1. The van der Waals surface area contributed by atoms with Crippen LogP contribution < -0.4 is 4.90 Å². The van der Waals surface area contributed by atoms with E-state index < -0.39 is 5.97 Å². The predicted molar refractivity (Wildman–Crippen MR) is 60.1 cm³/mol. The molecule has 0 unspecified atom stereocenters. The number of carbonyl (C=O) groups is 1. The molecule has 1 N–H and O–H groups in total. The van der Waals surface area contributed by atoms with Gasteiger partial charge in [-0.1, -0.05) is 0 Å². The Labute approximate surface area is 96.3 Å². The summed E-state index contributed by atoms with van der Waals surface area (Å²) < 4.78 is 0.639. The molecule has 82 valence electrons. The summed E-state index contributed by atoms with van der Waals surface area (Å²) in [4.78, 5) is 20.7. The van der Waals surface area contributed by atoms with E-state index in [1.165, 1.54) is 0 Å². The quantitative estimate of drug-likeness (QED) is 0.898. The first-order chi connectivity index (χ1) is 6.91. The van der Waals surface area contributed by atoms with E-state index in [4.69, 9.17) is 5.11 Å². The molecule has 1 aromatic rings. The maximum Gasteiger partial charge on any atom is 0.309 e. The lowest BCUT2D eigenvalue weighted by atomic mass is 10.3. The zero-order valence-electron chi connectivity index (χ0n) is 8.78. The zero-order valence-corrected chi connectivity index (χ0v) is 10.4. The lowest BCUT2D eigenvalue weighted by Crippen LogP contribution is -2.15. The van der Waals surface area contributed by atoms with Crippen LogP contribution in [0, 0.1) is 6.92 Å². The molecule has 6 heteroatoms. The summed E-state index contributed by atoms with van der Waals surface area (Å²) in [5.41, 5.74) is 0.499. The molecule has 1 heterocycles. The van der Waals surface area contributed by atoms with Crippen LogP contribution in [0.1, 0.15) is 11.5 Å². The zero-order chi connectivity index (χ0) is 11.6. The van der Waals surface area contributed by atoms with Gasteiger partial charge in [0.2, 0.25) is 0 Å². The Hall–Kier alpha value is -1.17. The lowest BCUT2D eigenvalue weighted by Gasteiger charge is -2.15. The Morgan fingerprint density at radius 2 is 2.07 bits per heavy atom. The van der Waals surface area contributed by atoms with Gasteiger partial charge in [-0.25, -0.2) is 9.97 Å². The van der Waals surface area contributed by atoms with Crippen LogP contribution >= 0.6 is 15.9 Å². The number of aromatic nitrogens is 2. The van der Waals surface area contributed by atoms with Crippen LogP contribution in [0.15, 0.2) is 4.47 Å². The number of carboxylic acid groups (broad SMARTS) is 1. The Morgan fingerprint density at radius 1 is 1.47 bits per heavy atom. The highest BCUT2D eigenvalue weighted by molar-refractivity contribution is 9.10. The van der Waals surface area contributed by atoms with Crippen molar-refractivity contribution in [2.75, 3.05) is 19.0 Å². The standard InChI is InChI=1S/C9H12BrN3O2/c1-5-11-6(4-7(14)15)8(10)9(12-5)13(2)3/h4H2,1-3H3,(H,14,15). The minimum atomic E-state index is -0.904. The third-order valence-corrected chi connectivity index (χ3v) is 2.57. The van der Waals surface area contributed by atoms with Gasteiger partial charge in [0, 0.05) is 14.1 Å². The maximum absolute atomic E-state index is 10.6. The second-order valence-corrected chi connectivity index (χ2v) is 4.11. The Kier molecular flexibility index (Phi) is 3.62. The van der Waals surface area contributed by atoms with Crippen LogP contribution in [0.25, 0.3) is 0 Å². The van der Waals surface area contributed by atoms with Crippen molar-refractivity contribution in [3.8, 4) is 0 Å². The van der Waals surface area contributed by atoms with Crippen molar-refractivity contribution in [1.29, 1.82) is 0 Å². The summed E-state index contributed by atoms with van der Waals surface area (Å²) in [6.07, 6.45) is -0.106. The van der Waals surface area contributed by atoms with Gasteiger partial charge >= 0.3 is 5.97 Å². The van der Waals surface area contributed by atoms with Crippen LogP contribution in [0.4, 0.5) is 5.82 Å². The van der Waals surface area contributed by atoms with E-state index >= 15 is 0 Å². The molecule has 0 aromatic carbocycles. The fraction of sp³-hybridized carbons (Fsp3) is 0.444. The summed E-state index contributed by atoms with van der Waals surface area (Å²) in [5, 5.41) is 8.72. The third kappa shape index (κ3) is 2.89. The van der Waals surface area contributed by atoms with Gasteiger partial charge in [0.1, 0.15) is 11.6 Å². The van der Waals surface area contributed by atoms with E-state index in [0.29, 0.717) is 21.8 Å². The van der Waals surface area contributed by atoms with Crippen molar-refractivity contribution in [3.63, 3.8) is 0 Å². The second kappa shape index (κ2) is 4.57. The number of aliphatic carboxylic acids is 1. The van der Waals surface area contributed by atoms with E-state index in [-0.39, 0.29) is 6.42 Å². The molecule has 0 amide bonds. The molecular weight excluding hydrogens is 262 g/mol. The van der Waals surface area contributed by atoms with Gasteiger partial charge in [-0.05, 0) is 22.9 Å². The minimum absolute atomic E-state index is 0.106. The number of hydrogen-bond donors (Lipinski definition) is 1. The first-order valence-corrected chi connectivity index (χ1v) is 5.13. The summed E-state index contributed by atoms with van der Waals surface area (Å²) in [6.45, 7) is 1.74. The Morgan fingerprint density at radius 3 is 2.53 bits per heavy atom. The van der Waals surface area contributed by atoms with E-state index in [1.54, 1.807) is 6.92 Å². The molecule has 5 nitrogen and oxygen atoms in total. The number of rotatable bonds is 3. The minimum Gasteiger partial charge on any atom is -0.481 e. The van der Waals surface area contributed by atoms with Crippen LogP contribution in [-0.2, 0) is 11.2 Å².